The fraction of sp³-hybridized carbons (Fsp3) is 0.534. The van der Waals surface area contributed by atoms with E-state index in [1.54, 1.807) is 11.8 Å². The van der Waals surface area contributed by atoms with Crippen molar-refractivity contribution in [2.45, 2.75) is 231 Å². The first-order valence-corrected chi connectivity index (χ1v) is 29.1. The molecule has 430 valence electrons. The van der Waals surface area contributed by atoms with Crippen molar-refractivity contribution in [3.8, 4) is 0 Å². The minimum Gasteiger partial charge on any atom is -0.265 e. The minimum absolute atomic E-state index is 0. The van der Waals surface area contributed by atoms with Crippen molar-refractivity contribution < 1.29 is 0 Å². The SMILES string of the molecule is C.CC(C)(C)C1CCC2=C1CC=N2.CC(C)(C)C1CCc2cccnc21.CC(C)(C)C1CCc2ccncc21.CC(C)(C)c1ccccc1.CC(C)(C)c1ccccn1.CC(C)(C)c1cccnc1.CC(C)(C)c1ccncc1. The third kappa shape index (κ3) is 22.1. The molecule has 6 nitrogen and oxygen atoms in total. The lowest BCUT2D eigenvalue weighted by Gasteiger charge is -2.28. The van der Waals surface area contributed by atoms with Gasteiger partial charge in [-0.25, -0.2) is 0 Å². The number of hydrogen-bond acceptors (Lipinski definition) is 6. The molecule has 0 bridgehead atoms. The van der Waals surface area contributed by atoms with Crippen LogP contribution in [0.5, 0.6) is 0 Å². The van der Waals surface area contributed by atoms with Gasteiger partial charge in [0, 0.05) is 90.6 Å². The summed E-state index contributed by atoms with van der Waals surface area (Å²) in [5.41, 5.74) is 16.1. The summed E-state index contributed by atoms with van der Waals surface area (Å²) >= 11 is 0. The van der Waals surface area contributed by atoms with Crippen LogP contribution in [0.15, 0.2) is 157 Å². The molecule has 0 amide bonds. The summed E-state index contributed by atoms with van der Waals surface area (Å²) in [4.78, 5) is 25.4. The van der Waals surface area contributed by atoms with Crippen LogP contribution >= 0.6 is 0 Å². The first-order chi connectivity index (χ1) is 36.2. The number of nitrogens with zero attached hydrogens (tertiary/aromatic N) is 6. The van der Waals surface area contributed by atoms with E-state index in [1.807, 2.05) is 61.4 Å². The Kier molecular flexibility index (Phi) is 25.0. The second-order valence-electron chi connectivity index (χ2n) is 29.0. The van der Waals surface area contributed by atoms with E-state index < -0.39 is 0 Å². The zero-order valence-corrected chi connectivity index (χ0v) is 52.7. The van der Waals surface area contributed by atoms with E-state index in [0.29, 0.717) is 33.5 Å². The number of fused-ring (bicyclic) bond motifs is 2. The molecule has 3 atom stereocenters. The average Bonchev–Trinajstić information content (AvgIpc) is 4.20. The van der Waals surface area contributed by atoms with Crippen LogP contribution in [0.25, 0.3) is 0 Å². The molecule has 79 heavy (non-hydrogen) atoms. The Hall–Kier alpha value is -5.62. The van der Waals surface area contributed by atoms with E-state index in [4.69, 9.17) is 0 Å². The molecule has 0 spiro atoms. The maximum Gasteiger partial charge on any atom is 0.0471 e. The Morgan fingerprint density at radius 2 is 0.873 bits per heavy atom. The van der Waals surface area contributed by atoms with Gasteiger partial charge in [0.05, 0.1) is 0 Å². The lowest BCUT2D eigenvalue weighted by Crippen LogP contribution is -2.19. The Morgan fingerprint density at radius 1 is 0.380 bits per heavy atom. The summed E-state index contributed by atoms with van der Waals surface area (Å²) in [5.74, 6) is 2.15. The fourth-order valence-electron chi connectivity index (χ4n) is 10.4. The molecule has 0 saturated carbocycles. The Labute approximate surface area is 483 Å². The van der Waals surface area contributed by atoms with Crippen molar-refractivity contribution >= 4 is 6.21 Å². The van der Waals surface area contributed by atoms with Gasteiger partial charge in [-0.05, 0) is 164 Å². The molecule has 10 rings (SSSR count). The molecule has 3 unspecified atom stereocenters. The summed E-state index contributed by atoms with van der Waals surface area (Å²) in [5, 5.41) is 0. The molecule has 1 aliphatic heterocycles. The monoisotopic (exact) mass is 1070 g/mol. The van der Waals surface area contributed by atoms with E-state index >= 15 is 0 Å². The fourth-order valence-corrected chi connectivity index (χ4v) is 10.4. The summed E-state index contributed by atoms with van der Waals surface area (Å²) in [7, 11) is 0. The average molecular weight is 1070 g/mol. The molecule has 0 saturated heterocycles. The zero-order valence-electron chi connectivity index (χ0n) is 52.7. The van der Waals surface area contributed by atoms with Crippen LogP contribution in [0.3, 0.4) is 0 Å². The van der Waals surface area contributed by atoms with Gasteiger partial charge in [-0.1, -0.05) is 201 Å². The quantitative estimate of drug-likeness (QED) is 0.151. The predicted molar refractivity (Wildman–Crippen MR) is 343 cm³/mol. The number of allylic oxidation sites excluding steroid dienone is 2. The first kappa shape index (κ1) is 67.7. The standard InChI is InChI=1S/2C12H17N.C11H17N.C10H14.3C9H13N.CH4/c1-12(2,3)11-5-4-9-6-7-13-8-10(9)11;1-12(2,3)10-7-6-9-5-4-8-13-11(9)10;1-11(2,3)9-4-5-10-8(9)6-7-12-10;1-10(2,3)9-7-5-4-6-8-9;1-9(2,3)8-4-6-10-7-5-8;1-9(2,3)8-5-4-6-10-7-8;1-9(2,3)8-6-4-5-7-10-8;/h6-8,11H,4-5H2,1-3H3;4-5,8,10H,6-7H2,1-3H3;7,9H,4-6H2,1-3H3;4-8H,1-3H3;3*4-7H,1-3H3;1H4. The van der Waals surface area contributed by atoms with Crippen LogP contribution < -0.4 is 0 Å². The van der Waals surface area contributed by atoms with Gasteiger partial charge in [-0.15, -0.1) is 0 Å². The van der Waals surface area contributed by atoms with Gasteiger partial charge in [-0.3, -0.25) is 29.9 Å². The molecule has 0 radical (unpaired) electrons. The smallest absolute Gasteiger partial charge is 0.0471 e. The van der Waals surface area contributed by atoms with Gasteiger partial charge < -0.3 is 0 Å². The van der Waals surface area contributed by atoms with Gasteiger partial charge in [0.2, 0.25) is 0 Å². The van der Waals surface area contributed by atoms with Crippen LogP contribution in [0.4, 0.5) is 0 Å². The Balaban J connectivity index is 0.000000243. The minimum atomic E-state index is 0. The highest BCUT2D eigenvalue weighted by atomic mass is 14.8. The summed E-state index contributed by atoms with van der Waals surface area (Å²) in [6.45, 7) is 47.2. The van der Waals surface area contributed by atoms with Crippen molar-refractivity contribution in [3.05, 3.63) is 197 Å². The molecule has 4 aliphatic rings. The number of hydrogen-bond donors (Lipinski definition) is 0. The Bertz CT molecular complexity index is 2460. The van der Waals surface area contributed by atoms with Crippen molar-refractivity contribution in [2.75, 3.05) is 0 Å². The predicted octanol–water partition coefficient (Wildman–Crippen LogP) is 20.2. The van der Waals surface area contributed by atoms with E-state index in [-0.39, 0.29) is 23.7 Å². The summed E-state index contributed by atoms with van der Waals surface area (Å²) in [6, 6.07) is 31.2. The molecule has 5 aromatic heterocycles. The molecule has 1 aromatic carbocycles. The third-order valence-corrected chi connectivity index (χ3v) is 15.3. The molecule has 6 heteroatoms. The number of aromatic nitrogens is 5. The van der Waals surface area contributed by atoms with Crippen LogP contribution in [0.2, 0.25) is 0 Å². The number of pyridine rings is 5. The van der Waals surface area contributed by atoms with Gasteiger partial charge >= 0.3 is 0 Å². The molecule has 6 aromatic rings. The van der Waals surface area contributed by atoms with Gasteiger partial charge in [0.15, 0.2) is 0 Å². The van der Waals surface area contributed by atoms with Crippen molar-refractivity contribution in [1.29, 1.82) is 0 Å². The maximum atomic E-state index is 4.51. The van der Waals surface area contributed by atoms with E-state index in [2.05, 4.69) is 254 Å². The van der Waals surface area contributed by atoms with Crippen LogP contribution in [0.1, 0.15) is 242 Å². The molecular weight excluding hydrogens is 961 g/mol. The molecule has 0 fully saturated rings. The highest BCUT2D eigenvalue weighted by Crippen LogP contribution is 2.47. The Morgan fingerprint density at radius 3 is 1.35 bits per heavy atom. The first-order valence-electron chi connectivity index (χ1n) is 29.1. The lowest BCUT2D eigenvalue weighted by molar-refractivity contribution is 0.276. The highest BCUT2D eigenvalue weighted by Gasteiger charge is 2.36. The van der Waals surface area contributed by atoms with Gasteiger partial charge in [-0.2, -0.15) is 0 Å². The normalized spacial score (nSPS) is 17.3. The third-order valence-electron chi connectivity index (χ3n) is 15.3. The van der Waals surface area contributed by atoms with Crippen molar-refractivity contribution in [3.63, 3.8) is 0 Å². The summed E-state index contributed by atoms with van der Waals surface area (Å²) in [6.07, 6.45) is 25.9. The topological polar surface area (TPSA) is 76.8 Å². The van der Waals surface area contributed by atoms with Crippen LogP contribution in [-0.4, -0.2) is 31.1 Å². The van der Waals surface area contributed by atoms with E-state index in [0.717, 1.165) is 18.0 Å². The number of rotatable bonds is 0. The molecule has 6 heterocycles. The maximum absolute atomic E-state index is 4.51. The largest absolute Gasteiger partial charge is 0.265 e. The van der Waals surface area contributed by atoms with Crippen LogP contribution in [-0.2, 0) is 34.5 Å². The molecular formula is C73H108N6. The molecule has 3 aliphatic carbocycles. The highest BCUT2D eigenvalue weighted by molar-refractivity contribution is 5.68. The second-order valence-corrected chi connectivity index (χ2v) is 29.0. The summed E-state index contributed by atoms with van der Waals surface area (Å²) < 4.78 is 0. The number of aryl methyl sites for hydroxylation is 2. The number of benzene rings is 1. The van der Waals surface area contributed by atoms with E-state index in [9.17, 15) is 0 Å². The zero-order chi connectivity index (χ0) is 58.2. The van der Waals surface area contributed by atoms with Gasteiger partial charge in [0.1, 0.15) is 0 Å². The van der Waals surface area contributed by atoms with Crippen molar-refractivity contribution in [2.24, 2.45) is 27.2 Å². The molecule has 0 N–H and O–H groups in total. The number of aliphatic imine (C=N–C) groups is 1. The second kappa shape index (κ2) is 29.2. The van der Waals surface area contributed by atoms with Crippen LogP contribution in [0, 0.1) is 22.2 Å². The van der Waals surface area contributed by atoms with Gasteiger partial charge in [0.25, 0.3) is 0 Å². The van der Waals surface area contributed by atoms with E-state index in [1.165, 1.54) is 83.3 Å². The van der Waals surface area contributed by atoms with Crippen molar-refractivity contribution in [1.82, 2.24) is 24.9 Å². The lowest BCUT2D eigenvalue weighted by atomic mass is 9.76.